The summed E-state index contributed by atoms with van der Waals surface area (Å²) < 4.78 is 6.75. The Morgan fingerprint density at radius 1 is 1.12 bits per heavy atom. The topological polar surface area (TPSA) is 69.4 Å². The second-order valence-electron chi connectivity index (χ2n) is 5.24. The summed E-state index contributed by atoms with van der Waals surface area (Å²) in [5, 5.41) is 0.562. The van der Waals surface area contributed by atoms with Crippen LogP contribution >= 0.6 is 34.5 Å². The van der Waals surface area contributed by atoms with Gasteiger partial charge in [0.05, 0.1) is 28.4 Å². The van der Waals surface area contributed by atoms with Crippen LogP contribution in [0.3, 0.4) is 0 Å². The van der Waals surface area contributed by atoms with Crippen molar-refractivity contribution in [1.82, 2.24) is 19.4 Å². The molecule has 0 spiro atoms. The van der Waals surface area contributed by atoms with Crippen molar-refractivity contribution in [3.63, 3.8) is 0 Å². The Balaban J connectivity index is 2.08. The second-order valence-corrected chi connectivity index (χ2v) is 6.96. The summed E-state index contributed by atoms with van der Waals surface area (Å²) >= 11 is 13.6. The third kappa shape index (κ3) is 2.84. The smallest absolute Gasteiger partial charge is 0.258 e. The van der Waals surface area contributed by atoms with Crippen LogP contribution in [0.5, 0.6) is 5.75 Å². The number of ether oxygens (including phenoxy) is 1. The largest absolute Gasteiger partial charge is 0.495 e. The van der Waals surface area contributed by atoms with Gasteiger partial charge in [-0.15, -0.1) is 0 Å². The van der Waals surface area contributed by atoms with Gasteiger partial charge in [0.1, 0.15) is 5.75 Å². The molecule has 1 aromatic carbocycles. The lowest BCUT2D eigenvalue weighted by Crippen LogP contribution is -2.12. The third-order valence-electron chi connectivity index (χ3n) is 3.73. The van der Waals surface area contributed by atoms with Crippen molar-refractivity contribution in [1.29, 1.82) is 0 Å². The SMILES string of the molecule is COc1ccc(-c2c(-c3ccnc(Cl)n3)sc3nccc(=O)n23)cc1Cl. The maximum atomic E-state index is 12.5. The number of hydrogen-bond acceptors (Lipinski definition) is 6. The molecule has 6 nitrogen and oxygen atoms in total. The van der Waals surface area contributed by atoms with E-state index in [1.54, 1.807) is 31.5 Å². The molecule has 0 aliphatic carbocycles. The van der Waals surface area contributed by atoms with Crippen molar-refractivity contribution < 1.29 is 4.74 Å². The molecule has 0 amide bonds. The summed E-state index contributed by atoms with van der Waals surface area (Å²) in [5.41, 5.74) is 1.78. The Labute approximate surface area is 161 Å². The van der Waals surface area contributed by atoms with Gasteiger partial charge in [-0.2, -0.15) is 0 Å². The number of thiazole rings is 1. The highest BCUT2D eigenvalue weighted by Crippen LogP contribution is 2.39. The zero-order valence-electron chi connectivity index (χ0n) is 13.3. The van der Waals surface area contributed by atoms with E-state index >= 15 is 0 Å². The first-order valence-electron chi connectivity index (χ1n) is 7.42. The number of benzene rings is 1. The van der Waals surface area contributed by atoms with E-state index in [0.29, 0.717) is 27.1 Å². The normalized spacial score (nSPS) is 11.0. The molecule has 0 saturated heterocycles. The van der Waals surface area contributed by atoms with Crippen molar-refractivity contribution in [2.24, 2.45) is 0 Å². The van der Waals surface area contributed by atoms with Gasteiger partial charge in [-0.05, 0) is 35.9 Å². The molecule has 0 bridgehead atoms. The first-order valence-corrected chi connectivity index (χ1v) is 8.99. The quantitative estimate of drug-likeness (QED) is 0.478. The maximum absolute atomic E-state index is 12.5. The molecular formula is C17H10Cl2N4O2S. The maximum Gasteiger partial charge on any atom is 0.258 e. The number of methoxy groups -OCH3 is 1. The Bertz CT molecular complexity index is 1190. The second kappa shape index (κ2) is 6.68. The van der Waals surface area contributed by atoms with Crippen LogP contribution in [-0.4, -0.2) is 26.5 Å². The van der Waals surface area contributed by atoms with Gasteiger partial charge in [0.2, 0.25) is 5.28 Å². The van der Waals surface area contributed by atoms with E-state index in [2.05, 4.69) is 15.0 Å². The van der Waals surface area contributed by atoms with E-state index in [9.17, 15) is 4.79 Å². The molecule has 0 aliphatic rings. The van der Waals surface area contributed by atoms with Gasteiger partial charge in [0, 0.05) is 24.0 Å². The Kier molecular flexibility index (Phi) is 4.36. The molecule has 0 radical (unpaired) electrons. The van der Waals surface area contributed by atoms with Crippen molar-refractivity contribution in [3.8, 4) is 27.6 Å². The summed E-state index contributed by atoms with van der Waals surface area (Å²) in [6.45, 7) is 0. The summed E-state index contributed by atoms with van der Waals surface area (Å²) in [4.78, 5) is 26.3. The molecule has 0 fully saturated rings. The summed E-state index contributed by atoms with van der Waals surface area (Å²) in [6, 6.07) is 8.46. The standard InChI is InChI=1S/C17H10Cl2N4O2S/c1-25-12-3-2-9(8-10(12)18)14-15(11-4-6-20-16(19)22-11)26-17-21-7-5-13(24)23(14)17/h2-8H,1H3. The van der Waals surface area contributed by atoms with Crippen molar-refractivity contribution >= 4 is 39.5 Å². The molecule has 0 atom stereocenters. The van der Waals surface area contributed by atoms with Gasteiger partial charge < -0.3 is 4.74 Å². The monoisotopic (exact) mass is 404 g/mol. The van der Waals surface area contributed by atoms with E-state index in [4.69, 9.17) is 27.9 Å². The Hall–Kier alpha value is -2.48. The van der Waals surface area contributed by atoms with E-state index in [1.165, 1.54) is 28.0 Å². The molecule has 3 aromatic heterocycles. The highest BCUT2D eigenvalue weighted by molar-refractivity contribution is 7.20. The average molecular weight is 405 g/mol. The van der Waals surface area contributed by atoms with Gasteiger partial charge in [-0.1, -0.05) is 22.9 Å². The fourth-order valence-corrected chi connectivity index (χ4v) is 4.12. The fourth-order valence-electron chi connectivity index (χ4n) is 2.62. The predicted molar refractivity (Wildman–Crippen MR) is 102 cm³/mol. The molecule has 0 aliphatic heterocycles. The average Bonchev–Trinajstić information content (AvgIpc) is 3.02. The Morgan fingerprint density at radius 2 is 1.92 bits per heavy atom. The van der Waals surface area contributed by atoms with Crippen LogP contribution < -0.4 is 10.3 Å². The van der Waals surface area contributed by atoms with E-state index in [1.807, 2.05) is 6.07 Å². The Morgan fingerprint density at radius 3 is 2.65 bits per heavy atom. The molecule has 3 heterocycles. The van der Waals surface area contributed by atoms with E-state index < -0.39 is 0 Å². The number of hydrogen-bond donors (Lipinski definition) is 0. The minimum atomic E-state index is -0.195. The van der Waals surface area contributed by atoms with Crippen molar-refractivity contribution in [2.45, 2.75) is 0 Å². The highest BCUT2D eigenvalue weighted by atomic mass is 35.5. The predicted octanol–water partition coefficient (Wildman–Crippen LogP) is 4.20. The van der Waals surface area contributed by atoms with Crippen LogP contribution in [0, 0.1) is 0 Å². The van der Waals surface area contributed by atoms with Gasteiger partial charge >= 0.3 is 0 Å². The van der Waals surface area contributed by atoms with Gasteiger partial charge in [-0.25, -0.2) is 15.0 Å². The van der Waals surface area contributed by atoms with Crippen LogP contribution in [0.4, 0.5) is 0 Å². The molecular weight excluding hydrogens is 395 g/mol. The molecule has 26 heavy (non-hydrogen) atoms. The third-order valence-corrected chi connectivity index (χ3v) is 5.28. The van der Waals surface area contributed by atoms with E-state index in [0.717, 1.165) is 10.4 Å². The molecule has 0 unspecified atom stereocenters. The zero-order chi connectivity index (χ0) is 18.3. The number of nitrogens with zero attached hydrogens (tertiary/aromatic N) is 4. The number of rotatable bonds is 3. The minimum absolute atomic E-state index is 0.124. The zero-order valence-corrected chi connectivity index (χ0v) is 15.6. The summed E-state index contributed by atoms with van der Waals surface area (Å²) in [7, 11) is 1.55. The number of aromatic nitrogens is 4. The van der Waals surface area contributed by atoms with Crippen LogP contribution in [0.1, 0.15) is 0 Å². The van der Waals surface area contributed by atoms with Gasteiger partial charge in [-0.3, -0.25) is 9.20 Å². The molecule has 0 N–H and O–H groups in total. The van der Waals surface area contributed by atoms with Crippen LogP contribution in [0.25, 0.3) is 26.8 Å². The highest BCUT2D eigenvalue weighted by Gasteiger charge is 2.20. The summed E-state index contributed by atoms with van der Waals surface area (Å²) in [5.74, 6) is 0.548. The van der Waals surface area contributed by atoms with E-state index in [-0.39, 0.29) is 10.8 Å². The lowest BCUT2D eigenvalue weighted by Gasteiger charge is -2.08. The van der Waals surface area contributed by atoms with Crippen molar-refractivity contribution in [3.05, 3.63) is 63.4 Å². The molecule has 130 valence electrons. The van der Waals surface area contributed by atoms with Crippen LogP contribution in [-0.2, 0) is 0 Å². The molecule has 4 rings (SSSR count). The van der Waals surface area contributed by atoms with Gasteiger partial charge in [0.15, 0.2) is 4.96 Å². The first-order chi connectivity index (χ1) is 12.6. The number of halogens is 2. The van der Waals surface area contributed by atoms with Gasteiger partial charge in [0.25, 0.3) is 5.56 Å². The lowest BCUT2D eigenvalue weighted by molar-refractivity contribution is 0.415. The molecule has 9 heteroatoms. The summed E-state index contributed by atoms with van der Waals surface area (Å²) in [6.07, 6.45) is 3.05. The minimum Gasteiger partial charge on any atom is -0.495 e. The van der Waals surface area contributed by atoms with Crippen molar-refractivity contribution in [2.75, 3.05) is 7.11 Å². The van der Waals surface area contributed by atoms with Crippen LogP contribution in [0.2, 0.25) is 10.3 Å². The first kappa shape index (κ1) is 17.0. The molecule has 4 aromatic rings. The fraction of sp³-hybridized carbons (Fsp3) is 0.0588. The van der Waals surface area contributed by atoms with Crippen LogP contribution in [0.15, 0.2) is 47.5 Å². The lowest BCUT2D eigenvalue weighted by atomic mass is 10.1. The molecule has 0 saturated carbocycles. The number of fused-ring (bicyclic) bond motifs is 1.